The van der Waals surface area contributed by atoms with Crippen molar-refractivity contribution in [2.45, 2.75) is 50.5 Å². The Bertz CT molecular complexity index is 973. The Hall–Kier alpha value is -2.80. The van der Waals surface area contributed by atoms with Crippen LogP contribution < -0.4 is 14.8 Å². The van der Waals surface area contributed by atoms with E-state index in [-0.39, 0.29) is 24.4 Å². The summed E-state index contributed by atoms with van der Waals surface area (Å²) in [7, 11) is 1.48. The zero-order chi connectivity index (χ0) is 23.1. The lowest BCUT2D eigenvalue weighted by Crippen LogP contribution is -2.54. The van der Waals surface area contributed by atoms with Crippen LogP contribution in [0, 0.1) is 5.82 Å². The summed E-state index contributed by atoms with van der Waals surface area (Å²) in [6, 6.07) is 8.97. The summed E-state index contributed by atoms with van der Waals surface area (Å²) in [6.07, 6.45) is 4.50. The van der Waals surface area contributed by atoms with Gasteiger partial charge in [-0.25, -0.2) is 9.18 Å². The number of methoxy groups -OCH3 is 1. The largest absolute Gasteiger partial charge is 0.493 e. The minimum absolute atomic E-state index is 0.137. The second-order valence-electron chi connectivity index (χ2n) is 7.96. The fraction of sp³-hybridized carbons (Fsp3) is 0.417. The Morgan fingerprint density at radius 2 is 1.81 bits per heavy atom. The van der Waals surface area contributed by atoms with Gasteiger partial charge in [-0.15, -0.1) is 0 Å². The van der Waals surface area contributed by atoms with Crippen molar-refractivity contribution < 1.29 is 28.6 Å². The summed E-state index contributed by atoms with van der Waals surface area (Å²) in [6.45, 7) is 0.137. The van der Waals surface area contributed by atoms with Gasteiger partial charge in [-0.2, -0.15) is 0 Å². The average Bonchev–Trinajstić information content (AvgIpc) is 3.02. The van der Waals surface area contributed by atoms with Crippen molar-refractivity contribution in [3.05, 3.63) is 58.4 Å². The fourth-order valence-corrected chi connectivity index (χ4v) is 4.15. The highest BCUT2D eigenvalue weighted by Crippen LogP contribution is 2.31. The number of amides is 1. The van der Waals surface area contributed by atoms with Crippen LogP contribution >= 0.6 is 11.6 Å². The molecule has 6 nitrogen and oxygen atoms in total. The van der Waals surface area contributed by atoms with E-state index in [1.165, 1.54) is 25.3 Å². The normalized spacial score (nSPS) is 15.5. The first kappa shape index (κ1) is 23.9. The number of benzene rings is 2. The third-order valence-electron chi connectivity index (χ3n) is 5.78. The Morgan fingerprint density at radius 1 is 1.09 bits per heavy atom. The number of aliphatic carboxylic acids is 1. The van der Waals surface area contributed by atoms with E-state index < -0.39 is 17.4 Å². The van der Waals surface area contributed by atoms with Crippen LogP contribution in [0.1, 0.15) is 54.4 Å². The quantitative estimate of drug-likeness (QED) is 0.537. The van der Waals surface area contributed by atoms with Gasteiger partial charge in [0, 0.05) is 17.0 Å². The number of carboxylic acids is 1. The van der Waals surface area contributed by atoms with Crippen molar-refractivity contribution in [3.63, 3.8) is 0 Å². The second kappa shape index (κ2) is 10.7. The standard InChI is InChI=1S/C24H27ClFNO5/c1-31-20-9-6-17(22(28)27-24(23(29)30)11-4-2-3-5-12-24)15-21(20)32-13-10-16-14-18(25)7-8-19(16)26/h6-9,14-15H,2-5,10-13H2,1H3,(H,27,28)(H,29,30). The summed E-state index contributed by atoms with van der Waals surface area (Å²) in [5.41, 5.74) is -0.583. The zero-order valence-corrected chi connectivity index (χ0v) is 18.7. The van der Waals surface area contributed by atoms with Crippen LogP contribution in [-0.4, -0.2) is 36.2 Å². The molecule has 0 bridgehead atoms. The first-order valence-corrected chi connectivity index (χ1v) is 11.0. The topological polar surface area (TPSA) is 84.9 Å². The van der Waals surface area contributed by atoms with Crippen molar-refractivity contribution in [2.24, 2.45) is 0 Å². The number of carbonyl (C=O) groups excluding carboxylic acids is 1. The van der Waals surface area contributed by atoms with Crippen LogP contribution in [0.5, 0.6) is 11.5 Å². The van der Waals surface area contributed by atoms with E-state index in [1.807, 2.05) is 0 Å². The highest BCUT2D eigenvalue weighted by molar-refractivity contribution is 6.30. The molecule has 1 aliphatic carbocycles. The molecule has 172 valence electrons. The van der Waals surface area contributed by atoms with Crippen molar-refractivity contribution in [2.75, 3.05) is 13.7 Å². The first-order valence-electron chi connectivity index (χ1n) is 10.7. The molecule has 0 unspecified atom stereocenters. The van der Waals surface area contributed by atoms with Crippen LogP contribution in [0.25, 0.3) is 0 Å². The molecule has 2 aromatic carbocycles. The van der Waals surface area contributed by atoms with Crippen LogP contribution in [0.15, 0.2) is 36.4 Å². The maximum absolute atomic E-state index is 13.9. The molecular formula is C24H27ClFNO5. The number of carboxylic acid groups (broad SMARTS) is 1. The molecule has 1 aliphatic rings. The number of rotatable bonds is 8. The molecule has 1 fully saturated rings. The molecule has 1 amide bonds. The molecule has 0 atom stereocenters. The van der Waals surface area contributed by atoms with E-state index in [0.717, 1.165) is 25.7 Å². The van der Waals surface area contributed by atoms with Crippen LogP contribution in [0.3, 0.4) is 0 Å². The van der Waals surface area contributed by atoms with Gasteiger partial charge in [0.15, 0.2) is 11.5 Å². The molecule has 0 aliphatic heterocycles. The fourth-order valence-electron chi connectivity index (χ4n) is 3.95. The summed E-state index contributed by atoms with van der Waals surface area (Å²) >= 11 is 5.93. The van der Waals surface area contributed by atoms with Crippen molar-refractivity contribution in [1.82, 2.24) is 5.32 Å². The number of nitrogens with one attached hydrogen (secondary N) is 1. The highest BCUT2D eigenvalue weighted by Gasteiger charge is 2.40. The second-order valence-corrected chi connectivity index (χ2v) is 8.39. The Kier molecular flexibility index (Phi) is 7.96. The Balaban J connectivity index is 1.73. The minimum atomic E-state index is -1.27. The molecule has 0 radical (unpaired) electrons. The van der Waals surface area contributed by atoms with Gasteiger partial charge in [-0.05, 0) is 54.8 Å². The predicted molar refractivity (Wildman–Crippen MR) is 119 cm³/mol. The molecule has 3 rings (SSSR count). The van der Waals surface area contributed by atoms with E-state index in [0.29, 0.717) is 34.9 Å². The number of halogens is 2. The summed E-state index contributed by atoms with van der Waals surface area (Å²) in [5.74, 6) is -1.15. The van der Waals surface area contributed by atoms with Gasteiger partial charge in [-0.3, -0.25) is 4.79 Å². The molecule has 0 spiro atoms. The lowest BCUT2D eigenvalue weighted by atomic mass is 9.90. The molecule has 8 heteroatoms. The molecule has 0 aromatic heterocycles. The first-order chi connectivity index (χ1) is 15.3. The molecule has 32 heavy (non-hydrogen) atoms. The minimum Gasteiger partial charge on any atom is -0.493 e. The third-order valence-corrected chi connectivity index (χ3v) is 6.02. The zero-order valence-electron chi connectivity index (χ0n) is 18.0. The molecule has 2 aromatic rings. The SMILES string of the molecule is COc1ccc(C(=O)NC2(C(=O)O)CCCCCC2)cc1OCCc1cc(Cl)ccc1F. The van der Waals surface area contributed by atoms with Crippen molar-refractivity contribution in [1.29, 1.82) is 0 Å². The van der Waals surface area contributed by atoms with Crippen molar-refractivity contribution >= 4 is 23.5 Å². The summed E-state index contributed by atoms with van der Waals surface area (Å²) in [4.78, 5) is 24.9. The van der Waals surface area contributed by atoms with E-state index >= 15 is 0 Å². The number of ether oxygens (including phenoxy) is 2. The smallest absolute Gasteiger partial charge is 0.329 e. The Labute approximate surface area is 191 Å². The van der Waals surface area contributed by atoms with Gasteiger partial charge in [-0.1, -0.05) is 37.3 Å². The lowest BCUT2D eigenvalue weighted by Gasteiger charge is -2.29. The predicted octanol–water partition coefficient (Wildman–Crippen LogP) is 5.02. The maximum Gasteiger partial charge on any atom is 0.329 e. The summed E-state index contributed by atoms with van der Waals surface area (Å²) < 4.78 is 25.0. The van der Waals surface area contributed by atoms with E-state index in [1.54, 1.807) is 18.2 Å². The van der Waals surface area contributed by atoms with E-state index in [2.05, 4.69) is 5.32 Å². The number of hydrogen-bond donors (Lipinski definition) is 2. The highest BCUT2D eigenvalue weighted by atomic mass is 35.5. The molecule has 0 saturated heterocycles. The van der Waals surface area contributed by atoms with Crippen LogP contribution in [-0.2, 0) is 11.2 Å². The Morgan fingerprint density at radius 3 is 2.47 bits per heavy atom. The van der Waals surface area contributed by atoms with Crippen LogP contribution in [0.4, 0.5) is 4.39 Å². The van der Waals surface area contributed by atoms with Crippen molar-refractivity contribution in [3.8, 4) is 11.5 Å². The molecule has 2 N–H and O–H groups in total. The number of hydrogen-bond acceptors (Lipinski definition) is 4. The van der Waals surface area contributed by atoms with Gasteiger partial charge >= 0.3 is 5.97 Å². The van der Waals surface area contributed by atoms with Gasteiger partial charge < -0.3 is 19.9 Å². The molecular weight excluding hydrogens is 437 g/mol. The monoisotopic (exact) mass is 463 g/mol. The van der Waals surface area contributed by atoms with Gasteiger partial charge in [0.2, 0.25) is 0 Å². The van der Waals surface area contributed by atoms with Gasteiger partial charge in [0.1, 0.15) is 11.4 Å². The summed E-state index contributed by atoms with van der Waals surface area (Å²) in [5, 5.41) is 13.0. The number of carbonyl (C=O) groups is 2. The van der Waals surface area contributed by atoms with Crippen LogP contribution in [0.2, 0.25) is 5.02 Å². The van der Waals surface area contributed by atoms with Gasteiger partial charge in [0.25, 0.3) is 5.91 Å². The van der Waals surface area contributed by atoms with E-state index in [9.17, 15) is 19.1 Å². The average molecular weight is 464 g/mol. The lowest BCUT2D eigenvalue weighted by molar-refractivity contribution is -0.145. The third kappa shape index (κ3) is 5.71. The van der Waals surface area contributed by atoms with Gasteiger partial charge in [0.05, 0.1) is 13.7 Å². The molecule has 0 heterocycles. The molecule has 1 saturated carbocycles. The maximum atomic E-state index is 13.9. The van der Waals surface area contributed by atoms with E-state index in [4.69, 9.17) is 21.1 Å².